The fraction of sp³-hybridized carbons (Fsp3) is 0.500. The van der Waals surface area contributed by atoms with Crippen molar-refractivity contribution in [2.75, 3.05) is 13.7 Å². The summed E-state index contributed by atoms with van der Waals surface area (Å²) in [6, 6.07) is 6.46. The Morgan fingerprint density at radius 1 is 1.07 bits per heavy atom. The summed E-state index contributed by atoms with van der Waals surface area (Å²) in [6.07, 6.45) is 2.21. The average Bonchev–Trinajstić information content (AvgIpc) is 2.92. The van der Waals surface area contributed by atoms with Gasteiger partial charge < -0.3 is 9.47 Å². The van der Waals surface area contributed by atoms with Crippen LogP contribution in [0.4, 0.5) is 0 Å². The number of methoxy groups -OCH3 is 1. The second-order valence-electron chi connectivity index (χ2n) is 6.98. The molecule has 3 rings (SSSR count). The first kappa shape index (κ1) is 19.1. The van der Waals surface area contributed by atoms with E-state index in [0.717, 1.165) is 17.7 Å². The van der Waals surface area contributed by atoms with E-state index in [-0.39, 0.29) is 29.4 Å². The minimum atomic E-state index is -1.01. The predicted octanol–water partition coefficient (Wildman–Crippen LogP) is 1.98. The minimum absolute atomic E-state index is 0.296. The lowest BCUT2D eigenvalue weighted by Gasteiger charge is -2.19. The van der Waals surface area contributed by atoms with Crippen molar-refractivity contribution < 1.29 is 28.7 Å². The zero-order valence-electron chi connectivity index (χ0n) is 15.5. The molecule has 144 valence electrons. The van der Waals surface area contributed by atoms with Crippen molar-refractivity contribution in [3.63, 3.8) is 0 Å². The zero-order valence-corrected chi connectivity index (χ0v) is 15.5. The highest BCUT2D eigenvalue weighted by Crippen LogP contribution is 2.37. The molecule has 3 atom stereocenters. The maximum absolute atomic E-state index is 12.4. The SMILES string of the molecule is COc1ccc(C(=O)[C@@H](C)OC(=O)CN2C(=O)[C@H]3CCCC[C@@H]3C2=O)cc1. The van der Waals surface area contributed by atoms with Gasteiger partial charge in [-0.25, -0.2) is 0 Å². The lowest BCUT2D eigenvalue weighted by atomic mass is 9.81. The number of rotatable bonds is 6. The van der Waals surface area contributed by atoms with Crippen LogP contribution in [0, 0.1) is 11.8 Å². The van der Waals surface area contributed by atoms with Gasteiger partial charge in [0.25, 0.3) is 0 Å². The number of carbonyl (C=O) groups is 4. The Morgan fingerprint density at radius 3 is 2.15 bits per heavy atom. The summed E-state index contributed by atoms with van der Waals surface area (Å²) in [6.45, 7) is 1.03. The molecule has 7 nitrogen and oxygen atoms in total. The number of benzene rings is 1. The summed E-state index contributed by atoms with van der Waals surface area (Å²) in [5.74, 6) is -1.71. The fourth-order valence-corrected chi connectivity index (χ4v) is 3.79. The smallest absolute Gasteiger partial charge is 0.326 e. The summed E-state index contributed by atoms with van der Waals surface area (Å²) < 4.78 is 10.2. The van der Waals surface area contributed by atoms with Crippen LogP contribution in [0.3, 0.4) is 0 Å². The van der Waals surface area contributed by atoms with Gasteiger partial charge in [-0.15, -0.1) is 0 Å². The molecule has 0 spiro atoms. The van der Waals surface area contributed by atoms with E-state index >= 15 is 0 Å². The Bertz CT molecular complexity index is 732. The van der Waals surface area contributed by atoms with Crippen LogP contribution in [0.1, 0.15) is 43.0 Å². The molecule has 1 heterocycles. The van der Waals surface area contributed by atoms with E-state index in [9.17, 15) is 19.2 Å². The van der Waals surface area contributed by atoms with Crippen LogP contribution in [-0.4, -0.2) is 48.2 Å². The molecule has 1 aromatic carbocycles. The Balaban J connectivity index is 1.59. The highest BCUT2D eigenvalue weighted by atomic mass is 16.5. The maximum atomic E-state index is 12.4. The Morgan fingerprint density at radius 2 is 1.63 bits per heavy atom. The highest BCUT2D eigenvalue weighted by Gasteiger charge is 2.48. The first-order valence-corrected chi connectivity index (χ1v) is 9.15. The summed E-state index contributed by atoms with van der Waals surface area (Å²) >= 11 is 0. The number of ether oxygens (including phenoxy) is 2. The molecule has 27 heavy (non-hydrogen) atoms. The van der Waals surface area contributed by atoms with Crippen LogP contribution in [-0.2, 0) is 19.1 Å². The van der Waals surface area contributed by atoms with Crippen LogP contribution < -0.4 is 4.74 Å². The van der Waals surface area contributed by atoms with Gasteiger partial charge in [-0.05, 0) is 44.0 Å². The van der Waals surface area contributed by atoms with Crippen molar-refractivity contribution in [2.24, 2.45) is 11.8 Å². The number of hydrogen-bond donors (Lipinski definition) is 0. The normalized spacial score (nSPS) is 23.0. The first-order chi connectivity index (χ1) is 12.9. The molecule has 1 aromatic rings. The van der Waals surface area contributed by atoms with E-state index in [1.54, 1.807) is 24.3 Å². The Hall–Kier alpha value is -2.70. The minimum Gasteiger partial charge on any atom is -0.497 e. The molecule has 0 unspecified atom stereocenters. The van der Waals surface area contributed by atoms with Crippen LogP contribution in [0.5, 0.6) is 5.75 Å². The van der Waals surface area contributed by atoms with Crippen LogP contribution in [0.25, 0.3) is 0 Å². The molecular formula is C20H23NO6. The molecule has 0 radical (unpaired) electrons. The van der Waals surface area contributed by atoms with E-state index < -0.39 is 18.6 Å². The van der Waals surface area contributed by atoms with Gasteiger partial charge in [-0.2, -0.15) is 0 Å². The molecule has 1 aliphatic heterocycles. The second kappa shape index (κ2) is 7.90. The van der Waals surface area contributed by atoms with Crippen LogP contribution >= 0.6 is 0 Å². The third-order valence-corrected chi connectivity index (χ3v) is 5.27. The van der Waals surface area contributed by atoms with Crippen molar-refractivity contribution in [1.82, 2.24) is 4.90 Å². The quantitative estimate of drug-likeness (QED) is 0.430. The van der Waals surface area contributed by atoms with Gasteiger partial charge in [0.2, 0.25) is 17.6 Å². The first-order valence-electron chi connectivity index (χ1n) is 9.15. The second-order valence-corrected chi connectivity index (χ2v) is 6.98. The molecule has 1 saturated heterocycles. The summed E-state index contributed by atoms with van der Waals surface area (Å²) in [5, 5.41) is 0. The van der Waals surface area contributed by atoms with Gasteiger partial charge in [-0.3, -0.25) is 24.1 Å². The van der Waals surface area contributed by atoms with Gasteiger partial charge in [-0.1, -0.05) is 12.8 Å². The fourth-order valence-electron chi connectivity index (χ4n) is 3.79. The van der Waals surface area contributed by atoms with E-state index in [1.807, 2.05) is 0 Å². The number of likely N-dealkylation sites (tertiary alicyclic amines) is 1. The molecular weight excluding hydrogens is 350 g/mol. The highest BCUT2D eigenvalue weighted by molar-refractivity contribution is 6.07. The number of hydrogen-bond acceptors (Lipinski definition) is 6. The van der Waals surface area contributed by atoms with E-state index in [1.165, 1.54) is 14.0 Å². The number of fused-ring (bicyclic) bond motifs is 1. The maximum Gasteiger partial charge on any atom is 0.326 e. The molecule has 1 aliphatic carbocycles. The largest absolute Gasteiger partial charge is 0.497 e. The molecule has 0 bridgehead atoms. The van der Waals surface area contributed by atoms with E-state index in [0.29, 0.717) is 24.2 Å². The molecule has 2 aliphatic rings. The monoisotopic (exact) mass is 373 g/mol. The number of amides is 2. The number of nitrogens with zero attached hydrogens (tertiary/aromatic N) is 1. The van der Waals surface area contributed by atoms with Crippen molar-refractivity contribution in [1.29, 1.82) is 0 Å². The summed E-state index contributed by atoms with van der Waals surface area (Å²) in [4.78, 5) is 50.4. The van der Waals surface area contributed by atoms with Crippen LogP contribution in [0.2, 0.25) is 0 Å². The van der Waals surface area contributed by atoms with Gasteiger partial charge in [0.05, 0.1) is 18.9 Å². The van der Waals surface area contributed by atoms with E-state index in [2.05, 4.69) is 0 Å². The van der Waals surface area contributed by atoms with Crippen molar-refractivity contribution in [3.05, 3.63) is 29.8 Å². The van der Waals surface area contributed by atoms with Gasteiger partial charge >= 0.3 is 5.97 Å². The van der Waals surface area contributed by atoms with Crippen molar-refractivity contribution >= 4 is 23.6 Å². The van der Waals surface area contributed by atoms with Crippen LogP contribution in [0.15, 0.2) is 24.3 Å². The Labute approximate surface area is 157 Å². The summed E-state index contributed by atoms with van der Waals surface area (Å²) in [7, 11) is 1.53. The zero-order chi connectivity index (χ0) is 19.6. The van der Waals surface area contributed by atoms with Gasteiger partial charge in [0, 0.05) is 5.56 Å². The van der Waals surface area contributed by atoms with Crippen molar-refractivity contribution in [3.8, 4) is 5.75 Å². The third-order valence-electron chi connectivity index (χ3n) is 5.27. The number of imide groups is 1. The molecule has 2 fully saturated rings. The van der Waals surface area contributed by atoms with Crippen molar-refractivity contribution in [2.45, 2.75) is 38.7 Å². The Kier molecular flexibility index (Phi) is 5.58. The number of ketones is 1. The topological polar surface area (TPSA) is 90.0 Å². The van der Waals surface area contributed by atoms with E-state index in [4.69, 9.17) is 9.47 Å². The van der Waals surface area contributed by atoms with Gasteiger partial charge in [0.1, 0.15) is 12.3 Å². The average molecular weight is 373 g/mol. The molecule has 7 heteroatoms. The third kappa shape index (κ3) is 3.86. The molecule has 1 saturated carbocycles. The summed E-state index contributed by atoms with van der Waals surface area (Å²) in [5.41, 5.74) is 0.385. The lowest BCUT2D eigenvalue weighted by Crippen LogP contribution is -2.38. The number of Topliss-reactive ketones (excluding diaryl/α,β-unsaturated/α-hetero) is 1. The molecule has 0 N–H and O–H groups in total. The molecule has 0 aromatic heterocycles. The number of esters is 1. The molecule has 2 amide bonds. The predicted molar refractivity (Wildman–Crippen MR) is 95.0 cm³/mol. The van der Waals surface area contributed by atoms with Gasteiger partial charge in [0.15, 0.2) is 6.10 Å². The number of carbonyl (C=O) groups excluding carboxylic acids is 4. The standard InChI is InChI=1S/C20H23NO6/c1-12(18(23)13-7-9-14(26-2)10-8-13)27-17(22)11-21-19(24)15-5-3-4-6-16(15)20(21)25/h7-10,12,15-16H,3-6,11H2,1-2H3/t12-,15+,16+/m1/s1. The lowest BCUT2D eigenvalue weighted by molar-refractivity contribution is -0.154.